The van der Waals surface area contributed by atoms with Gasteiger partial charge in [-0.3, -0.25) is 24.0 Å². The SMILES string of the molecule is CC(=O)Nc1ccc(C(=O)NC(C)C(=O)N2CCCC2C(=O)N[C@H](C)CC(=O)O)cc1Cl. The number of benzene rings is 1. The molecule has 3 atom stereocenters. The van der Waals surface area contributed by atoms with Crippen LogP contribution in [0.1, 0.15) is 50.4 Å². The van der Waals surface area contributed by atoms with Crippen molar-refractivity contribution in [1.29, 1.82) is 0 Å². The molecule has 0 aromatic heterocycles. The minimum atomic E-state index is -1.03. The number of anilines is 1. The monoisotopic (exact) mass is 466 g/mol. The lowest BCUT2D eigenvalue weighted by molar-refractivity contribution is -0.141. The van der Waals surface area contributed by atoms with Crippen LogP contribution >= 0.6 is 11.6 Å². The van der Waals surface area contributed by atoms with Crippen molar-refractivity contribution in [2.45, 2.75) is 58.2 Å². The predicted molar refractivity (Wildman–Crippen MR) is 117 cm³/mol. The summed E-state index contributed by atoms with van der Waals surface area (Å²) in [6, 6.07) is 2.16. The van der Waals surface area contributed by atoms with Crippen molar-refractivity contribution in [3.8, 4) is 0 Å². The summed E-state index contributed by atoms with van der Waals surface area (Å²) in [4.78, 5) is 61.4. The molecule has 32 heavy (non-hydrogen) atoms. The highest BCUT2D eigenvalue weighted by Gasteiger charge is 2.36. The van der Waals surface area contributed by atoms with Crippen molar-refractivity contribution >= 4 is 46.9 Å². The van der Waals surface area contributed by atoms with Crippen molar-refractivity contribution in [2.24, 2.45) is 0 Å². The fourth-order valence-electron chi connectivity index (χ4n) is 3.49. The standard InChI is InChI=1S/C21H27ClN4O6/c1-11(9-18(28)29)23-20(31)17-5-4-8-26(17)21(32)12(2)24-19(30)14-6-7-16(15(22)10-14)25-13(3)27/h6-7,10-12,17H,4-5,8-9H2,1-3H3,(H,23,31)(H,24,30)(H,25,27)(H,28,29)/t11-,12?,17?/m1/s1. The first-order valence-corrected chi connectivity index (χ1v) is 10.6. The van der Waals surface area contributed by atoms with E-state index in [9.17, 15) is 24.0 Å². The molecular weight excluding hydrogens is 440 g/mol. The molecule has 1 aromatic rings. The first kappa shape index (κ1) is 25.1. The number of nitrogens with one attached hydrogen (secondary N) is 3. The molecule has 1 aliphatic rings. The van der Waals surface area contributed by atoms with Crippen LogP contribution in [0.2, 0.25) is 5.02 Å². The second-order valence-electron chi connectivity index (χ2n) is 7.77. The third-order valence-corrected chi connectivity index (χ3v) is 5.28. The Labute approximate surface area is 190 Å². The molecule has 0 aliphatic carbocycles. The van der Waals surface area contributed by atoms with E-state index in [2.05, 4.69) is 16.0 Å². The van der Waals surface area contributed by atoms with Crippen molar-refractivity contribution in [1.82, 2.24) is 15.5 Å². The molecule has 0 saturated carbocycles. The van der Waals surface area contributed by atoms with Gasteiger partial charge in [-0.15, -0.1) is 0 Å². The minimum absolute atomic E-state index is 0.179. The largest absolute Gasteiger partial charge is 0.481 e. The first-order chi connectivity index (χ1) is 15.0. The molecule has 10 nitrogen and oxygen atoms in total. The van der Waals surface area contributed by atoms with Crippen LogP contribution in [0.25, 0.3) is 0 Å². The minimum Gasteiger partial charge on any atom is -0.481 e. The van der Waals surface area contributed by atoms with Gasteiger partial charge in [-0.05, 0) is 44.9 Å². The Hall–Kier alpha value is -3.14. The van der Waals surface area contributed by atoms with Gasteiger partial charge in [-0.1, -0.05) is 11.6 Å². The van der Waals surface area contributed by atoms with Crippen molar-refractivity contribution in [2.75, 3.05) is 11.9 Å². The molecule has 0 spiro atoms. The third-order valence-electron chi connectivity index (χ3n) is 4.97. The molecule has 1 saturated heterocycles. The average molecular weight is 467 g/mol. The maximum atomic E-state index is 12.9. The molecule has 11 heteroatoms. The van der Waals surface area contributed by atoms with E-state index in [1.807, 2.05) is 0 Å². The number of likely N-dealkylation sites (tertiary alicyclic amines) is 1. The Morgan fingerprint density at radius 3 is 2.47 bits per heavy atom. The lowest BCUT2D eigenvalue weighted by Gasteiger charge is -2.28. The van der Waals surface area contributed by atoms with E-state index < -0.39 is 41.8 Å². The number of carbonyl (C=O) groups is 5. The zero-order valence-corrected chi connectivity index (χ0v) is 18.9. The van der Waals surface area contributed by atoms with E-state index in [1.54, 1.807) is 6.92 Å². The molecule has 1 aromatic carbocycles. The fraction of sp³-hybridized carbons (Fsp3) is 0.476. The van der Waals surface area contributed by atoms with Gasteiger partial charge in [-0.2, -0.15) is 0 Å². The van der Waals surface area contributed by atoms with Crippen LogP contribution in [0, 0.1) is 0 Å². The van der Waals surface area contributed by atoms with Gasteiger partial charge in [0, 0.05) is 25.1 Å². The van der Waals surface area contributed by atoms with E-state index in [1.165, 1.54) is 36.9 Å². The summed E-state index contributed by atoms with van der Waals surface area (Å²) in [6.07, 6.45) is 0.860. The van der Waals surface area contributed by atoms with E-state index in [4.69, 9.17) is 16.7 Å². The quantitative estimate of drug-likeness (QED) is 0.455. The van der Waals surface area contributed by atoms with Gasteiger partial charge < -0.3 is 26.0 Å². The second kappa shape index (κ2) is 10.9. The summed E-state index contributed by atoms with van der Waals surface area (Å²) in [5.74, 6) is -2.69. The van der Waals surface area contributed by atoms with Crippen LogP contribution < -0.4 is 16.0 Å². The third kappa shape index (κ3) is 6.68. The molecule has 0 radical (unpaired) electrons. The van der Waals surface area contributed by atoms with Gasteiger partial charge in [0.2, 0.25) is 17.7 Å². The summed E-state index contributed by atoms with van der Waals surface area (Å²) in [5, 5.41) is 16.8. The van der Waals surface area contributed by atoms with Crippen LogP contribution in [-0.4, -0.2) is 64.3 Å². The number of hydrogen-bond donors (Lipinski definition) is 4. The predicted octanol–water partition coefficient (Wildman–Crippen LogP) is 1.39. The second-order valence-corrected chi connectivity index (χ2v) is 8.18. The normalized spacial score (nSPS) is 17.2. The van der Waals surface area contributed by atoms with Gasteiger partial charge in [0.1, 0.15) is 12.1 Å². The smallest absolute Gasteiger partial charge is 0.305 e. The molecule has 2 unspecified atom stereocenters. The molecule has 174 valence electrons. The molecule has 1 heterocycles. The van der Waals surface area contributed by atoms with Gasteiger partial charge >= 0.3 is 5.97 Å². The number of carboxylic acids is 1. The van der Waals surface area contributed by atoms with E-state index in [0.29, 0.717) is 25.1 Å². The zero-order valence-electron chi connectivity index (χ0n) is 18.1. The molecule has 4 N–H and O–H groups in total. The van der Waals surface area contributed by atoms with Crippen molar-refractivity contribution < 1.29 is 29.1 Å². The summed E-state index contributed by atoms with van der Waals surface area (Å²) in [5.41, 5.74) is 0.574. The van der Waals surface area contributed by atoms with Crippen LogP contribution in [0.3, 0.4) is 0 Å². The molecule has 2 rings (SSSR count). The highest BCUT2D eigenvalue weighted by molar-refractivity contribution is 6.34. The molecule has 0 bridgehead atoms. The molecule has 4 amide bonds. The number of aliphatic carboxylic acids is 1. The molecule has 1 aliphatic heterocycles. The summed E-state index contributed by atoms with van der Waals surface area (Å²) in [6.45, 7) is 4.80. The average Bonchev–Trinajstić information content (AvgIpc) is 3.17. The van der Waals surface area contributed by atoms with Crippen LogP contribution in [-0.2, 0) is 19.2 Å². The Balaban J connectivity index is 2.00. The highest BCUT2D eigenvalue weighted by Crippen LogP contribution is 2.23. The summed E-state index contributed by atoms with van der Waals surface area (Å²) in [7, 11) is 0. The van der Waals surface area contributed by atoms with E-state index in [-0.39, 0.29) is 22.9 Å². The van der Waals surface area contributed by atoms with Crippen molar-refractivity contribution in [3.63, 3.8) is 0 Å². The number of carboxylic acid groups (broad SMARTS) is 1. The summed E-state index contributed by atoms with van der Waals surface area (Å²) >= 11 is 6.10. The number of hydrogen-bond acceptors (Lipinski definition) is 5. The number of amides is 4. The molecular formula is C21H27ClN4O6. The highest BCUT2D eigenvalue weighted by atomic mass is 35.5. The zero-order chi connectivity index (χ0) is 24.0. The van der Waals surface area contributed by atoms with Crippen LogP contribution in [0.4, 0.5) is 5.69 Å². The number of carbonyl (C=O) groups excluding carboxylic acids is 4. The Kier molecular flexibility index (Phi) is 8.59. The Morgan fingerprint density at radius 2 is 1.88 bits per heavy atom. The van der Waals surface area contributed by atoms with Gasteiger partial charge in [0.05, 0.1) is 17.1 Å². The van der Waals surface area contributed by atoms with Crippen LogP contribution in [0.5, 0.6) is 0 Å². The maximum Gasteiger partial charge on any atom is 0.305 e. The topological polar surface area (TPSA) is 145 Å². The lowest BCUT2D eigenvalue weighted by Crippen LogP contribution is -2.53. The van der Waals surface area contributed by atoms with E-state index in [0.717, 1.165) is 0 Å². The first-order valence-electron chi connectivity index (χ1n) is 10.2. The van der Waals surface area contributed by atoms with Gasteiger partial charge in [0.25, 0.3) is 5.91 Å². The summed E-state index contributed by atoms with van der Waals surface area (Å²) < 4.78 is 0. The Bertz CT molecular complexity index is 922. The van der Waals surface area contributed by atoms with E-state index >= 15 is 0 Å². The number of halogens is 1. The van der Waals surface area contributed by atoms with Crippen molar-refractivity contribution in [3.05, 3.63) is 28.8 Å². The maximum absolute atomic E-state index is 12.9. The fourth-order valence-corrected chi connectivity index (χ4v) is 3.72. The van der Waals surface area contributed by atoms with Gasteiger partial charge in [-0.25, -0.2) is 0 Å². The Morgan fingerprint density at radius 1 is 1.19 bits per heavy atom. The van der Waals surface area contributed by atoms with Crippen LogP contribution in [0.15, 0.2) is 18.2 Å². The number of nitrogens with zero attached hydrogens (tertiary/aromatic N) is 1. The molecule has 1 fully saturated rings. The van der Waals surface area contributed by atoms with Gasteiger partial charge in [0.15, 0.2) is 0 Å². The number of rotatable bonds is 8. The lowest BCUT2D eigenvalue weighted by atomic mass is 10.1.